The van der Waals surface area contributed by atoms with Gasteiger partial charge in [0.15, 0.2) is 0 Å². The van der Waals surface area contributed by atoms with Crippen LogP contribution in [0, 0.1) is 25.2 Å². The van der Waals surface area contributed by atoms with Crippen LogP contribution in [0.1, 0.15) is 78.8 Å². The molecule has 0 radical (unpaired) electrons. The fourth-order valence-corrected chi connectivity index (χ4v) is 8.21. The van der Waals surface area contributed by atoms with Crippen LogP contribution in [-0.4, -0.2) is 81.2 Å². The highest BCUT2D eigenvalue weighted by Gasteiger charge is 2.37. The summed E-state index contributed by atoms with van der Waals surface area (Å²) in [4.78, 5) is 32.1. The lowest BCUT2D eigenvalue weighted by Gasteiger charge is -2.34. The number of ketones is 1. The molecule has 2 fully saturated rings. The van der Waals surface area contributed by atoms with Crippen LogP contribution in [0.3, 0.4) is 0 Å². The molecule has 1 unspecified atom stereocenters. The van der Waals surface area contributed by atoms with Gasteiger partial charge >= 0.3 is 5.97 Å². The number of likely N-dealkylation sites (tertiary alicyclic amines) is 2. The maximum Gasteiger partial charge on any atom is 0.306 e. The molecule has 11 nitrogen and oxygen atoms in total. The zero-order valence-electron chi connectivity index (χ0n) is 32.9. The van der Waals surface area contributed by atoms with Crippen molar-refractivity contribution >= 4 is 23.4 Å². The minimum absolute atomic E-state index is 0.152. The van der Waals surface area contributed by atoms with Crippen LogP contribution in [-0.2, 0) is 29.3 Å². The summed E-state index contributed by atoms with van der Waals surface area (Å²) in [7, 11) is 0. The van der Waals surface area contributed by atoms with Gasteiger partial charge in [-0.2, -0.15) is 5.26 Å². The molecule has 2 aliphatic heterocycles. The van der Waals surface area contributed by atoms with Gasteiger partial charge in [0.05, 0.1) is 35.3 Å². The van der Waals surface area contributed by atoms with Crippen LogP contribution < -0.4 is 14.2 Å². The molecule has 2 aliphatic rings. The van der Waals surface area contributed by atoms with Crippen molar-refractivity contribution in [3.8, 4) is 34.4 Å². The molecular formula is C45H51ClN4O7. The summed E-state index contributed by atoms with van der Waals surface area (Å²) in [6.45, 7) is 9.77. The van der Waals surface area contributed by atoms with Crippen LogP contribution in [0.5, 0.6) is 17.2 Å². The average molecular weight is 795 g/mol. The van der Waals surface area contributed by atoms with E-state index in [9.17, 15) is 20.0 Å². The third-order valence-corrected chi connectivity index (χ3v) is 11.4. The number of carbonyl (C=O) groups excluding carboxylic acids is 1. The van der Waals surface area contributed by atoms with Crippen molar-refractivity contribution in [1.29, 1.82) is 5.26 Å². The van der Waals surface area contributed by atoms with Crippen molar-refractivity contribution in [2.75, 3.05) is 32.8 Å². The molecule has 2 atom stereocenters. The number of ether oxygens (including phenoxy) is 3. The van der Waals surface area contributed by atoms with Crippen molar-refractivity contribution in [2.45, 2.75) is 90.7 Å². The lowest BCUT2D eigenvalue weighted by Crippen LogP contribution is -2.43. The van der Waals surface area contributed by atoms with Gasteiger partial charge in [-0.1, -0.05) is 48.4 Å². The Morgan fingerprint density at radius 1 is 0.947 bits per heavy atom. The number of hydrogen-bond acceptors (Lipinski definition) is 10. The number of carbonyl (C=O) groups is 2. The number of halogens is 1. The zero-order valence-corrected chi connectivity index (χ0v) is 33.7. The molecule has 4 aromatic rings. The minimum Gasteiger partial charge on any atom is -0.493 e. The second-order valence-electron chi connectivity index (χ2n) is 15.3. The van der Waals surface area contributed by atoms with Gasteiger partial charge in [-0.3, -0.25) is 19.5 Å². The fourth-order valence-electron chi connectivity index (χ4n) is 7.97. The monoisotopic (exact) mass is 794 g/mol. The summed E-state index contributed by atoms with van der Waals surface area (Å²) in [5, 5.41) is 29.5. The lowest BCUT2D eigenvalue weighted by molar-refractivity contribution is -0.142. The molecule has 12 heteroatoms. The Labute approximate surface area is 339 Å². The minimum atomic E-state index is -1.16. The first kappa shape index (κ1) is 41.6. The van der Waals surface area contributed by atoms with Gasteiger partial charge in [0, 0.05) is 55.8 Å². The lowest BCUT2D eigenvalue weighted by atomic mass is 9.93. The van der Waals surface area contributed by atoms with Gasteiger partial charge in [-0.15, -0.1) is 0 Å². The smallest absolute Gasteiger partial charge is 0.306 e. The molecule has 3 heterocycles. The molecule has 0 aliphatic carbocycles. The maximum atomic E-state index is 12.5. The van der Waals surface area contributed by atoms with Crippen molar-refractivity contribution < 1.29 is 34.0 Å². The average Bonchev–Trinajstić information content (AvgIpc) is 3.56. The fraction of sp³-hybridized carbons (Fsp3) is 0.422. The number of Topliss-reactive ketones (excluding diaryl/α,β-unsaturated/α-hetero) is 1. The maximum absolute atomic E-state index is 12.5. The first-order valence-corrected chi connectivity index (χ1v) is 19.9. The predicted molar refractivity (Wildman–Crippen MR) is 218 cm³/mol. The van der Waals surface area contributed by atoms with E-state index in [1.165, 1.54) is 6.20 Å². The van der Waals surface area contributed by atoms with Gasteiger partial charge in [0.25, 0.3) is 0 Å². The Bertz CT molecular complexity index is 2120. The van der Waals surface area contributed by atoms with Crippen LogP contribution in [0.4, 0.5) is 0 Å². The third kappa shape index (κ3) is 10.7. The molecule has 1 aromatic heterocycles. The van der Waals surface area contributed by atoms with Crippen molar-refractivity contribution in [2.24, 2.45) is 0 Å². The van der Waals surface area contributed by atoms with E-state index in [4.69, 9.17) is 30.9 Å². The highest BCUT2D eigenvalue weighted by Crippen LogP contribution is 2.37. The Morgan fingerprint density at radius 2 is 1.72 bits per heavy atom. The molecule has 3 aromatic carbocycles. The van der Waals surface area contributed by atoms with E-state index in [1.54, 1.807) is 19.2 Å². The van der Waals surface area contributed by atoms with Crippen molar-refractivity contribution in [1.82, 2.24) is 14.8 Å². The first-order chi connectivity index (χ1) is 27.4. The quantitative estimate of drug-likeness (QED) is 0.102. The third-order valence-electron chi connectivity index (χ3n) is 11.1. The van der Waals surface area contributed by atoms with E-state index in [-0.39, 0.29) is 31.5 Å². The number of nitrogens with zero attached hydrogens (tertiary/aromatic N) is 4. The topological polar surface area (TPSA) is 145 Å². The summed E-state index contributed by atoms with van der Waals surface area (Å²) in [5.41, 5.74) is 6.08. The number of piperidine rings is 1. The number of aliphatic carboxylic acids is 1. The van der Waals surface area contributed by atoms with Crippen molar-refractivity contribution in [3.63, 3.8) is 0 Å². The molecule has 0 saturated carbocycles. The predicted octanol–water partition coefficient (Wildman–Crippen LogP) is 7.67. The number of aliphatic hydroxyl groups is 1. The highest BCUT2D eigenvalue weighted by molar-refractivity contribution is 6.32. The normalized spacial score (nSPS) is 18.6. The highest BCUT2D eigenvalue weighted by atomic mass is 35.5. The van der Waals surface area contributed by atoms with Gasteiger partial charge in [0.1, 0.15) is 42.3 Å². The number of hydrogen-bond donors (Lipinski definition) is 2. The van der Waals surface area contributed by atoms with Gasteiger partial charge in [-0.25, -0.2) is 0 Å². The van der Waals surface area contributed by atoms with Crippen molar-refractivity contribution in [3.05, 3.63) is 105 Å². The molecule has 300 valence electrons. The molecule has 0 amide bonds. The molecule has 6 rings (SSSR count). The Balaban J connectivity index is 1.15. The molecule has 2 N–H and O–H groups in total. The van der Waals surface area contributed by atoms with Crippen LogP contribution in [0.15, 0.2) is 67.0 Å². The van der Waals surface area contributed by atoms with Crippen LogP contribution in [0.2, 0.25) is 5.02 Å². The Morgan fingerprint density at radius 3 is 2.49 bits per heavy atom. The molecule has 2 saturated heterocycles. The number of pyridine rings is 1. The molecule has 0 bridgehead atoms. The summed E-state index contributed by atoms with van der Waals surface area (Å²) in [6, 6.07) is 19.6. The van der Waals surface area contributed by atoms with E-state index in [0.29, 0.717) is 61.3 Å². The number of β-amino-alcohol motifs (C(OH)–C–C–N with tert-alkyl or cyclic N) is 1. The molecular weight excluding hydrogens is 744 g/mol. The summed E-state index contributed by atoms with van der Waals surface area (Å²) < 4.78 is 19.0. The number of rotatable bonds is 17. The van der Waals surface area contributed by atoms with Gasteiger partial charge in [-0.05, 0) is 99.0 Å². The van der Waals surface area contributed by atoms with Gasteiger partial charge in [0.2, 0.25) is 0 Å². The van der Waals surface area contributed by atoms with Crippen LogP contribution >= 0.6 is 11.6 Å². The second-order valence-corrected chi connectivity index (χ2v) is 15.7. The van der Waals surface area contributed by atoms with E-state index in [1.807, 2.05) is 36.4 Å². The Hall–Kier alpha value is -4.99. The summed E-state index contributed by atoms with van der Waals surface area (Å²) in [5.74, 6) is 1.02. The number of carboxylic acid groups (broad SMARTS) is 1. The number of carboxylic acids is 1. The number of nitriles is 1. The van der Waals surface area contributed by atoms with E-state index in [2.05, 4.69) is 46.8 Å². The van der Waals surface area contributed by atoms with E-state index >= 15 is 0 Å². The molecule has 0 spiro atoms. The zero-order chi connectivity index (χ0) is 40.5. The largest absolute Gasteiger partial charge is 0.493 e. The standard InChI is InChI=1S/C45H51ClN4O7/c1-30-35(9-6-10-37(30)38-11-7-13-41(31(38)2)55-18-8-15-49-17-14-45(54,29-49)22-44(52)53)28-57-43-21-42(56-27-34-19-33(23-47)24-48-25-34)36(20-39(43)46)26-50-16-5-4-12-40(50)32(3)51/h6-7,9-11,13,19-21,24-25,40,54H,4-5,8,12,14-18,22,26-29H2,1-3H3,(H,52,53)/t40-,45?/m0/s1. The SMILES string of the molecule is CC(=O)[C@@H]1CCCCN1Cc1cc(Cl)c(OCc2cccc(-c3cccc(OCCCN4CCC(O)(CC(=O)O)C4)c3C)c2C)cc1OCc1cncc(C#N)c1. The number of aromatic nitrogens is 1. The van der Waals surface area contributed by atoms with Crippen LogP contribution in [0.25, 0.3) is 11.1 Å². The summed E-state index contributed by atoms with van der Waals surface area (Å²) >= 11 is 6.90. The summed E-state index contributed by atoms with van der Waals surface area (Å²) in [6.07, 6.45) is 7.01. The number of benzene rings is 3. The van der Waals surface area contributed by atoms with Gasteiger partial charge < -0.3 is 29.3 Å². The van der Waals surface area contributed by atoms with E-state index < -0.39 is 11.6 Å². The molecule has 57 heavy (non-hydrogen) atoms. The first-order valence-electron chi connectivity index (χ1n) is 19.6. The van der Waals surface area contributed by atoms with E-state index in [0.717, 1.165) is 76.9 Å². The Kier molecular flexibility index (Phi) is 13.9. The second kappa shape index (κ2) is 19.0.